The van der Waals surface area contributed by atoms with E-state index in [0.717, 1.165) is 16.7 Å². The van der Waals surface area contributed by atoms with Gasteiger partial charge in [0.2, 0.25) is 0 Å². The van der Waals surface area contributed by atoms with Crippen LogP contribution in [0.2, 0.25) is 0 Å². The molecule has 2 aromatic carbocycles. The summed E-state index contributed by atoms with van der Waals surface area (Å²) in [6, 6.07) is 17.7. The number of benzene rings is 2. The van der Waals surface area contributed by atoms with Crippen LogP contribution in [0.25, 0.3) is 0 Å². The van der Waals surface area contributed by atoms with Gasteiger partial charge >= 0.3 is 0 Å². The lowest BCUT2D eigenvalue weighted by molar-refractivity contribution is 0.318. The minimum Gasteiger partial charge on any atom is -0.411 e. The molecule has 7 heteroatoms. The van der Waals surface area contributed by atoms with Crippen LogP contribution >= 0.6 is 23.4 Å². The summed E-state index contributed by atoms with van der Waals surface area (Å²) >= 11 is 12.4. The van der Waals surface area contributed by atoms with Gasteiger partial charge in [0.05, 0.1) is 0 Å². The van der Waals surface area contributed by atoms with E-state index in [2.05, 4.69) is 15.4 Å². The fourth-order valence-corrected chi connectivity index (χ4v) is 3.02. The fourth-order valence-electron chi connectivity index (χ4n) is 2.49. The first kappa shape index (κ1) is 16.5. The van der Waals surface area contributed by atoms with E-state index in [-0.39, 0.29) is 5.71 Å². The van der Waals surface area contributed by atoms with E-state index in [0.29, 0.717) is 12.2 Å². The summed E-state index contributed by atoms with van der Waals surface area (Å²) in [7, 11) is 0. The van der Waals surface area contributed by atoms with Crippen molar-refractivity contribution < 1.29 is 5.21 Å². The zero-order valence-electron chi connectivity index (χ0n) is 12.5. The van der Waals surface area contributed by atoms with Gasteiger partial charge in [-0.1, -0.05) is 59.8 Å². The van der Waals surface area contributed by atoms with E-state index in [4.69, 9.17) is 23.4 Å². The molecule has 0 spiro atoms. The lowest BCUT2D eigenvalue weighted by Gasteiger charge is -2.14. The van der Waals surface area contributed by atoms with Crippen molar-refractivity contribution in [2.75, 3.05) is 0 Å². The zero-order valence-corrected chi connectivity index (χ0v) is 14.1. The van der Waals surface area contributed by atoms with Crippen molar-refractivity contribution in [3.63, 3.8) is 0 Å². The van der Waals surface area contributed by atoms with Gasteiger partial charge in [-0.15, -0.1) is 21.8 Å². The molecule has 5 nitrogen and oxygen atoms in total. The Morgan fingerprint density at radius 1 is 1.12 bits per heavy atom. The van der Waals surface area contributed by atoms with Crippen molar-refractivity contribution in [3.8, 4) is 0 Å². The van der Waals surface area contributed by atoms with Gasteiger partial charge in [0, 0.05) is 17.3 Å². The van der Waals surface area contributed by atoms with Crippen molar-refractivity contribution in [1.82, 2.24) is 14.3 Å². The highest BCUT2D eigenvalue weighted by molar-refractivity contribution is 6.35. The topological polar surface area (TPSA) is 63.3 Å². The molecule has 1 heterocycles. The molecule has 1 N–H and O–H groups in total. The third-order valence-electron chi connectivity index (χ3n) is 3.64. The maximum atomic E-state index is 9.53. The Kier molecular flexibility index (Phi) is 5.13. The van der Waals surface area contributed by atoms with Crippen molar-refractivity contribution >= 4 is 29.1 Å². The summed E-state index contributed by atoms with van der Waals surface area (Å²) in [6.07, 6.45) is 2.02. The Hall–Kier alpha value is -2.37. The second-order valence-electron chi connectivity index (χ2n) is 5.17. The molecule has 0 fully saturated rings. The summed E-state index contributed by atoms with van der Waals surface area (Å²) < 4.78 is 1.18. The van der Waals surface area contributed by atoms with E-state index >= 15 is 0 Å². The minimum absolute atomic E-state index is 0.276. The Balaban J connectivity index is 1.97. The number of oxime groups is 1. The summed E-state index contributed by atoms with van der Waals surface area (Å²) in [6.45, 7) is 0. The molecule has 0 bridgehead atoms. The number of hydrogen-bond donors (Lipinski definition) is 1. The largest absolute Gasteiger partial charge is 0.411 e. The lowest BCUT2D eigenvalue weighted by atomic mass is 9.95. The van der Waals surface area contributed by atoms with Crippen LogP contribution in [0.3, 0.4) is 0 Å². The monoisotopic (exact) mass is 360 g/mol. The maximum Gasteiger partial charge on any atom is 0.172 e. The molecular weight excluding hydrogens is 347 g/mol. The zero-order chi connectivity index (χ0) is 16.9. The van der Waals surface area contributed by atoms with Crippen molar-refractivity contribution in [3.05, 3.63) is 83.4 Å². The van der Waals surface area contributed by atoms with Crippen molar-refractivity contribution in [1.29, 1.82) is 0 Å². The Bertz CT molecular complexity index is 849. The summed E-state index contributed by atoms with van der Waals surface area (Å²) in [5.74, 6) is 0.292. The van der Waals surface area contributed by atoms with Gasteiger partial charge in [-0.05, 0) is 17.5 Å². The summed E-state index contributed by atoms with van der Waals surface area (Å²) in [4.78, 5) is 0. The highest BCUT2D eigenvalue weighted by atomic mass is 35.5. The highest BCUT2D eigenvalue weighted by Crippen LogP contribution is 2.27. The first-order valence-corrected chi connectivity index (χ1v) is 8.02. The smallest absolute Gasteiger partial charge is 0.172 e. The van der Waals surface area contributed by atoms with Crippen LogP contribution in [0, 0.1) is 0 Å². The average molecular weight is 361 g/mol. The molecule has 0 saturated heterocycles. The fraction of sp³-hybridized carbons (Fsp3) is 0.118. The van der Waals surface area contributed by atoms with Crippen LogP contribution in [-0.4, -0.2) is 25.2 Å². The normalized spacial score (nSPS) is 13.0. The second-order valence-corrected chi connectivity index (χ2v) is 5.97. The van der Waals surface area contributed by atoms with Crippen LogP contribution in [0.4, 0.5) is 0 Å². The average Bonchev–Trinajstić information content (AvgIpc) is 3.04. The minimum atomic E-state index is -0.827. The molecule has 3 rings (SSSR count). The van der Waals surface area contributed by atoms with Crippen LogP contribution in [0.1, 0.15) is 27.9 Å². The van der Waals surface area contributed by atoms with E-state index in [1.807, 2.05) is 54.6 Å². The third-order valence-corrected chi connectivity index (χ3v) is 4.30. The number of hydrogen-bond acceptors (Lipinski definition) is 4. The van der Waals surface area contributed by atoms with Crippen LogP contribution in [-0.2, 0) is 6.42 Å². The molecular formula is C17H14Cl2N4O. The quantitative estimate of drug-likeness (QED) is 0.323. The number of rotatable bonds is 5. The predicted octanol–water partition coefficient (Wildman–Crippen LogP) is 4.03. The Labute approximate surface area is 149 Å². The van der Waals surface area contributed by atoms with E-state index < -0.39 is 5.38 Å². The van der Waals surface area contributed by atoms with Gasteiger partial charge in [-0.25, -0.2) is 4.09 Å². The second kappa shape index (κ2) is 7.47. The summed E-state index contributed by atoms with van der Waals surface area (Å²) in [5, 5.41) is 19.7. The summed E-state index contributed by atoms with van der Waals surface area (Å²) in [5.41, 5.74) is 3.15. The Morgan fingerprint density at radius 3 is 2.50 bits per heavy atom. The Morgan fingerprint density at radius 2 is 1.83 bits per heavy atom. The van der Waals surface area contributed by atoms with Gasteiger partial charge < -0.3 is 5.21 Å². The predicted molar refractivity (Wildman–Crippen MR) is 93.9 cm³/mol. The molecule has 0 aliphatic carbocycles. The molecule has 0 radical (unpaired) electrons. The molecule has 0 aliphatic rings. The van der Waals surface area contributed by atoms with Crippen LogP contribution < -0.4 is 0 Å². The number of halogens is 2. The van der Waals surface area contributed by atoms with E-state index in [9.17, 15) is 5.21 Å². The van der Waals surface area contributed by atoms with Gasteiger partial charge in [-0.3, -0.25) is 0 Å². The molecule has 1 aromatic heterocycles. The lowest BCUT2D eigenvalue weighted by Crippen LogP contribution is -2.14. The molecule has 0 saturated carbocycles. The molecule has 1 atom stereocenters. The van der Waals surface area contributed by atoms with Gasteiger partial charge in [0.25, 0.3) is 0 Å². The number of alkyl halides is 1. The molecule has 3 aromatic rings. The van der Waals surface area contributed by atoms with Crippen LogP contribution in [0.15, 0.2) is 66.1 Å². The van der Waals surface area contributed by atoms with Crippen LogP contribution in [0.5, 0.6) is 0 Å². The number of aromatic nitrogens is 3. The van der Waals surface area contributed by atoms with Crippen molar-refractivity contribution in [2.24, 2.45) is 5.16 Å². The first-order chi connectivity index (χ1) is 11.7. The van der Waals surface area contributed by atoms with Gasteiger partial charge in [0.1, 0.15) is 17.4 Å². The molecule has 0 amide bonds. The van der Waals surface area contributed by atoms with E-state index in [1.165, 1.54) is 10.4 Å². The molecule has 24 heavy (non-hydrogen) atoms. The standard InChI is InChI=1S/C17H14Cl2N4O/c18-15(17-21-20-11-23(17)19)16(22-24)14-9-5-4-8-13(14)10-12-6-2-1-3-7-12/h1-9,11,15,24H,10H2. The molecule has 122 valence electrons. The third kappa shape index (κ3) is 3.42. The highest BCUT2D eigenvalue weighted by Gasteiger charge is 2.25. The van der Waals surface area contributed by atoms with Gasteiger partial charge in [-0.2, -0.15) is 0 Å². The van der Waals surface area contributed by atoms with Crippen molar-refractivity contribution in [2.45, 2.75) is 11.8 Å². The molecule has 0 aliphatic heterocycles. The SMILES string of the molecule is ON=C(c1ccccc1Cc1ccccc1)C(Cl)c1nncn1Cl. The maximum absolute atomic E-state index is 9.53. The van der Waals surface area contributed by atoms with Gasteiger partial charge in [0.15, 0.2) is 5.82 Å². The molecule has 1 unspecified atom stereocenters. The first-order valence-electron chi connectivity index (χ1n) is 7.25. The number of nitrogens with zero attached hydrogens (tertiary/aromatic N) is 4. The van der Waals surface area contributed by atoms with E-state index in [1.54, 1.807) is 0 Å².